The van der Waals surface area contributed by atoms with Gasteiger partial charge in [-0.25, -0.2) is 4.79 Å². The number of carbonyl (C=O) groups excluding carboxylic acids is 3. The molecule has 0 spiro atoms. The first-order chi connectivity index (χ1) is 15.0. The fourth-order valence-electron chi connectivity index (χ4n) is 3.15. The quantitative estimate of drug-likeness (QED) is 0.396. The van der Waals surface area contributed by atoms with Crippen molar-refractivity contribution in [3.05, 3.63) is 48.0 Å². The largest absolute Gasteiger partial charge is 0.444 e. The van der Waals surface area contributed by atoms with Gasteiger partial charge in [-0.05, 0) is 51.7 Å². The van der Waals surface area contributed by atoms with Gasteiger partial charge in [-0.1, -0.05) is 50.6 Å². The summed E-state index contributed by atoms with van der Waals surface area (Å²) in [6.07, 6.45) is 3.56. The lowest BCUT2D eigenvalue weighted by molar-refractivity contribution is -0.141. The zero-order valence-electron chi connectivity index (χ0n) is 20.4. The molecule has 178 valence electrons. The molecule has 2 N–H and O–H groups in total. The molecule has 32 heavy (non-hydrogen) atoms. The minimum atomic E-state index is -0.884. The molecule has 0 aliphatic heterocycles. The van der Waals surface area contributed by atoms with E-state index in [-0.39, 0.29) is 12.5 Å². The molecule has 0 heterocycles. The Morgan fingerprint density at radius 3 is 2.28 bits per heavy atom. The van der Waals surface area contributed by atoms with E-state index in [4.69, 9.17) is 4.74 Å². The first-order valence-corrected chi connectivity index (χ1v) is 11.3. The van der Waals surface area contributed by atoms with Gasteiger partial charge in [0.05, 0.1) is 0 Å². The van der Waals surface area contributed by atoms with Gasteiger partial charge in [0.1, 0.15) is 17.7 Å². The van der Waals surface area contributed by atoms with Crippen LogP contribution in [-0.2, 0) is 20.7 Å². The molecule has 0 fully saturated rings. The second kappa shape index (κ2) is 12.9. The van der Waals surface area contributed by atoms with Crippen molar-refractivity contribution in [3.8, 4) is 0 Å². The Kier molecular flexibility index (Phi) is 11.0. The lowest BCUT2D eigenvalue weighted by Gasteiger charge is -2.33. The maximum Gasteiger partial charge on any atom is 0.408 e. The van der Waals surface area contributed by atoms with E-state index in [0.29, 0.717) is 12.1 Å². The molecule has 3 amide bonds. The van der Waals surface area contributed by atoms with Gasteiger partial charge in [-0.15, -0.1) is 6.58 Å². The van der Waals surface area contributed by atoms with Crippen molar-refractivity contribution >= 4 is 17.9 Å². The molecule has 1 aromatic carbocycles. The molecular weight excluding hydrogens is 406 g/mol. The number of hydrogen-bond donors (Lipinski definition) is 2. The lowest BCUT2D eigenvalue weighted by Crippen LogP contribution is -2.52. The molecule has 2 unspecified atom stereocenters. The molecular formula is C25H39N3O4. The summed E-state index contributed by atoms with van der Waals surface area (Å²) in [5.41, 5.74) is 1.16. The van der Waals surface area contributed by atoms with Gasteiger partial charge < -0.3 is 20.3 Å². The molecule has 0 bridgehead atoms. The Morgan fingerprint density at radius 2 is 1.78 bits per heavy atom. The highest BCUT2D eigenvalue weighted by atomic mass is 16.6. The van der Waals surface area contributed by atoms with Crippen LogP contribution < -0.4 is 10.6 Å². The number of nitrogens with zero attached hydrogens (tertiary/aromatic N) is 1. The summed E-state index contributed by atoms with van der Waals surface area (Å²) in [4.78, 5) is 40.1. The molecule has 1 aromatic rings. The zero-order chi connectivity index (χ0) is 24.3. The fourth-order valence-corrected chi connectivity index (χ4v) is 3.15. The average Bonchev–Trinajstić information content (AvgIpc) is 2.72. The van der Waals surface area contributed by atoms with Crippen LogP contribution in [0, 0.1) is 0 Å². The number of nitrogens with one attached hydrogen (secondary N) is 2. The van der Waals surface area contributed by atoms with Crippen molar-refractivity contribution < 1.29 is 19.1 Å². The summed E-state index contributed by atoms with van der Waals surface area (Å²) in [6.45, 7) is 15.4. The minimum Gasteiger partial charge on any atom is -0.444 e. The molecule has 0 aromatic heterocycles. The number of hydrogen-bond acceptors (Lipinski definition) is 4. The van der Waals surface area contributed by atoms with Gasteiger partial charge >= 0.3 is 6.09 Å². The topological polar surface area (TPSA) is 87.7 Å². The molecule has 0 saturated heterocycles. The van der Waals surface area contributed by atoms with Crippen molar-refractivity contribution in [2.24, 2.45) is 0 Å². The van der Waals surface area contributed by atoms with Gasteiger partial charge in [0.2, 0.25) is 11.8 Å². The smallest absolute Gasteiger partial charge is 0.408 e. The zero-order valence-corrected chi connectivity index (χ0v) is 20.4. The first kappa shape index (κ1) is 27.2. The summed E-state index contributed by atoms with van der Waals surface area (Å²) < 4.78 is 5.26. The van der Waals surface area contributed by atoms with E-state index in [9.17, 15) is 14.4 Å². The predicted molar refractivity (Wildman–Crippen MR) is 127 cm³/mol. The second-order valence-electron chi connectivity index (χ2n) is 8.79. The van der Waals surface area contributed by atoms with Gasteiger partial charge in [0, 0.05) is 13.1 Å². The third-order valence-electron chi connectivity index (χ3n) is 4.81. The van der Waals surface area contributed by atoms with Crippen LogP contribution in [0.1, 0.15) is 71.6 Å². The Labute approximate surface area is 192 Å². The molecule has 0 aliphatic carbocycles. The molecule has 1 rings (SSSR count). The first-order valence-electron chi connectivity index (χ1n) is 11.3. The summed E-state index contributed by atoms with van der Waals surface area (Å²) in [5.74, 6) is -0.659. The Balaban J connectivity index is 3.20. The van der Waals surface area contributed by atoms with Crippen LogP contribution in [-0.4, -0.2) is 47.5 Å². The van der Waals surface area contributed by atoms with Gasteiger partial charge in [0.25, 0.3) is 0 Å². The number of unbranched alkanes of at least 4 members (excludes halogenated alkanes) is 1. The van der Waals surface area contributed by atoms with Crippen LogP contribution in [0.15, 0.2) is 36.9 Å². The molecule has 2 atom stereocenters. The predicted octanol–water partition coefficient (Wildman–Crippen LogP) is 4.13. The van der Waals surface area contributed by atoms with Crippen molar-refractivity contribution in [2.45, 2.75) is 78.5 Å². The van der Waals surface area contributed by atoms with Crippen molar-refractivity contribution in [2.75, 3.05) is 13.1 Å². The standard InChI is InChI=1S/C25H39N3O4/c1-8-11-16-26-22(29)21(20-14-12-19(10-3)13-15-20)28(17-9-2)23(30)18(4)27-24(31)32-25(5,6)7/h9,12-15,18,21H,2,8,10-11,16-17H2,1,3-7H3,(H,26,29)(H,27,31). The van der Waals surface area contributed by atoms with Crippen molar-refractivity contribution in [1.29, 1.82) is 0 Å². The highest BCUT2D eigenvalue weighted by molar-refractivity contribution is 5.92. The molecule has 7 nitrogen and oxygen atoms in total. The number of ether oxygens (including phenoxy) is 1. The third kappa shape index (κ3) is 8.73. The lowest BCUT2D eigenvalue weighted by atomic mass is 10.0. The second-order valence-corrected chi connectivity index (χ2v) is 8.79. The van der Waals surface area contributed by atoms with Crippen molar-refractivity contribution in [3.63, 3.8) is 0 Å². The normalized spacial score (nSPS) is 12.9. The van der Waals surface area contributed by atoms with Crippen LogP contribution in [0.5, 0.6) is 0 Å². The SMILES string of the molecule is C=CCN(C(=O)C(C)NC(=O)OC(C)(C)C)C(C(=O)NCCCC)c1ccc(CC)cc1. The van der Waals surface area contributed by atoms with E-state index < -0.39 is 29.7 Å². The van der Waals surface area contributed by atoms with Crippen molar-refractivity contribution in [1.82, 2.24) is 15.5 Å². The van der Waals surface area contributed by atoms with Crippen LogP contribution in [0.3, 0.4) is 0 Å². The van der Waals surface area contributed by atoms with Gasteiger partial charge in [0.15, 0.2) is 0 Å². The van der Waals surface area contributed by atoms with E-state index in [1.165, 1.54) is 4.90 Å². The highest BCUT2D eigenvalue weighted by Crippen LogP contribution is 2.23. The van der Waals surface area contributed by atoms with Gasteiger partial charge in [-0.3, -0.25) is 9.59 Å². The minimum absolute atomic E-state index is 0.153. The van der Waals surface area contributed by atoms with E-state index in [1.807, 2.05) is 31.2 Å². The molecule has 0 aliphatic rings. The van der Waals surface area contributed by atoms with Crippen LogP contribution in [0.2, 0.25) is 0 Å². The maximum atomic E-state index is 13.3. The summed E-state index contributed by atoms with van der Waals surface area (Å²) >= 11 is 0. The number of amides is 3. The fraction of sp³-hybridized carbons (Fsp3) is 0.560. The maximum absolute atomic E-state index is 13.3. The van der Waals surface area contributed by atoms with Crippen LogP contribution >= 0.6 is 0 Å². The Bertz CT molecular complexity index is 768. The third-order valence-corrected chi connectivity index (χ3v) is 4.81. The number of alkyl carbamates (subject to hydrolysis) is 1. The van der Waals surface area contributed by atoms with Crippen LogP contribution in [0.4, 0.5) is 4.79 Å². The van der Waals surface area contributed by atoms with E-state index in [0.717, 1.165) is 24.8 Å². The monoisotopic (exact) mass is 445 g/mol. The number of carbonyl (C=O) groups is 3. The Hall–Kier alpha value is -2.83. The number of aryl methyl sites for hydroxylation is 1. The number of benzene rings is 1. The van der Waals surface area contributed by atoms with E-state index >= 15 is 0 Å². The summed E-state index contributed by atoms with van der Waals surface area (Å²) in [6, 6.07) is 5.94. The highest BCUT2D eigenvalue weighted by Gasteiger charge is 2.34. The molecule has 0 radical (unpaired) electrons. The molecule has 7 heteroatoms. The number of rotatable bonds is 11. The van der Waals surface area contributed by atoms with Crippen LogP contribution in [0.25, 0.3) is 0 Å². The average molecular weight is 446 g/mol. The van der Waals surface area contributed by atoms with Gasteiger partial charge in [-0.2, -0.15) is 0 Å². The molecule has 0 saturated carbocycles. The van der Waals surface area contributed by atoms with E-state index in [1.54, 1.807) is 33.8 Å². The van der Waals surface area contributed by atoms with E-state index in [2.05, 4.69) is 24.1 Å². The summed E-state index contributed by atoms with van der Waals surface area (Å²) in [5, 5.41) is 5.51. The summed E-state index contributed by atoms with van der Waals surface area (Å²) in [7, 11) is 0. The Morgan fingerprint density at radius 1 is 1.16 bits per heavy atom.